The third-order valence-electron chi connectivity index (χ3n) is 6.25. The molecule has 0 amide bonds. The topological polar surface area (TPSA) is 46.1 Å². The first kappa shape index (κ1) is 16.7. The number of para-hydroxylation sites is 1. The molecule has 3 aliphatic rings. The van der Waals surface area contributed by atoms with E-state index in [0.29, 0.717) is 5.41 Å². The quantitative estimate of drug-likeness (QED) is 0.674. The number of guanidine groups is 1. The number of ether oxygens (including phenoxy) is 2. The zero-order valence-corrected chi connectivity index (χ0v) is 15.4. The minimum absolute atomic E-state index is 0.191. The SMILES string of the molecule is CN=C(NCC1(c2ccccc2OC)CC1)N1CCC2(CCOC2)C1. The van der Waals surface area contributed by atoms with Crippen LogP contribution in [0, 0.1) is 5.41 Å². The van der Waals surface area contributed by atoms with Crippen molar-refractivity contribution in [3.05, 3.63) is 29.8 Å². The molecule has 1 N–H and O–H groups in total. The maximum absolute atomic E-state index is 5.65. The summed E-state index contributed by atoms with van der Waals surface area (Å²) < 4.78 is 11.2. The Balaban J connectivity index is 1.42. The van der Waals surface area contributed by atoms with Gasteiger partial charge in [-0.3, -0.25) is 4.99 Å². The lowest BCUT2D eigenvalue weighted by molar-refractivity contribution is 0.156. The van der Waals surface area contributed by atoms with Gasteiger partial charge < -0.3 is 19.7 Å². The van der Waals surface area contributed by atoms with Crippen molar-refractivity contribution in [2.45, 2.75) is 31.1 Å². The third-order valence-corrected chi connectivity index (χ3v) is 6.25. The van der Waals surface area contributed by atoms with Crippen LogP contribution in [0.3, 0.4) is 0 Å². The minimum atomic E-state index is 0.191. The van der Waals surface area contributed by atoms with E-state index in [1.54, 1.807) is 7.11 Å². The van der Waals surface area contributed by atoms with E-state index in [0.717, 1.165) is 44.6 Å². The van der Waals surface area contributed by atoms with Crippen LogP contribution in [0.1, 0.15) is 31.2 Å². The van der Waals surface area contributed by atoms with Crippen LogP contribution in [0.15, 0.2) is 29.3 Å². The van der Waals surface area contributed by atoms with E-state index in [-0.39, 0.29) is 5.41 Å². The molecule has 0 bridgehead atoms. The van der Waals surface area contributed by atoms with Gasteiger partial charge in [0, 0.05) is 49.7 Å². The largest absolute Gasteiger partial charge is 0.496 e. The summed E-state index contributed by atoms with van der Waals surface area (Å²) in [5, 5.41) is 3.65. The number of nitrogens with one attached hydrogen (secondary N) is 1. The predicted octanol–water partition coefficient (Wildman–Crippen LogP) is 2.41. The third kappa shape index (κ3) is 3.10. The van der Waals surface area contributed by atoms with E-state index < -0.39 is 0 Å². The average molecular weight is 343 g/mol. The molecule has 2 heterocycles. The van der Waals surface area contributed by atoms with Crippen LogP contribution in [0.25, 0.3) is 0 Å². The summed E-state index contributed by atoms with van der Waals surface area (Å²) >= 11 is 0. The number of nitrogens with zero attached hydrogens (tertiary/aromatic N) is 2. The van der Waals surface area contributed by atoms with Gasteiger partial charge in [-0.05, 0) is 31.7 Å². The molecule has 136 valence electrons. The molecule has 5 nitrogen and oxygen atoms in total. The van der Waals surface area contributed by atoms with Crippen LogP contribution in [-0.2, 0) is 10.2 Å². The van der Waals surface area contributed by atoms with Crippen molar-refractivity contribution < 1.29 is 9.47 Å². The normalized spacial score (nSPS) is 27.8. The van der Waals surface area contributed by atoms with Crippen molar-refractivity contribution in [1.29, 1.82) is 0 Å². The van der Waals surface area contributed by atoms with Crippen molar-refractivity contribution in [2.75, 3.05) is 47.0 Å². The standard InChI is InChI=1S/C20H29N3O2/c1-21-18(23-11-9-19(14-23)10-12-25-15-19)22-13-20(7-8-20)16-5-3-4-6-17(16)24-2/h3-6H,7-15H2,1-2H3,(H,21,22). The van der Waals surface area contributed by atoms with E-state index >= 15 is 0 Å². The van der Waals surface area contributed by atoms with E-state index in [9.17, 15) is 0 Å². The van der Waals surface area contributed by atoms with Crippen molar-refractivity contribution in [2.24, 2.45) is 10.4 Å². The number of benzene rings is 1. The van der Waals surface area contributed by atoms with Gasteiger partial charge in [-0.1, -0.05) is 18.2 Å². The molecule has 5 heteroatoms. The molecule has 2 aliphatic heterocycles. The first-order chi connectivity index (χ1) is 12.2. The minimum Gasteiger partial charge on any atom is -0.496 e. The lowest BCUT2D eigenvalue weighted by Crippen LogP contribution is -2.44. The fourth-order valence-electron chi connectivity index (χ4n) is 4.44. The Morgan fingerprint density at radius 3 is 2.80 bits per heavy atom. The second kappa shape index (κ2) is 6.52. The number of likely N-dealkylation sites (tertiary alicyclic amines) is 1. The lowest BCUT2D eigenvalue weighted by Gasteiger charge is -2.27. The van der Waals surface area contributed by atoms with Gasteiger partial charge in [0.15, 0.2) is 5.96 Å². The van der Waals surface area contributed by atoms with Crippen LogP contribution in [0.4, 0.5) is 0 Å². The fourth-order valence-corrected chi connectivity index (χ4v) is 4.44. The number of methoxy groups -OCH3 is 1. The molecule has 1 aromatic carbocycles. The monoisotopic (exact) mass is 343 g/mol. The molecule has 25 heavy (non-hydrogen) atoms. The Hall–Kier alpha value is -1.75. The highest BCUT2D eigenvalue weighted by molar-refractivity contribution is 5.80. The number of hydrogen-bond donors (Lipinski definition) is 1. The molecule has 1 saturated carbocycles. The Bertz CT molecular complexity index is 648. The highest BCUT2D eigenvalue weighted by atomic mass is 16.5. The van der Waals surface area contributed by atoms with Gasteiger partial charge in [0.2, 0.25) is 0 Å². The highest BCUT2D eigenvalue weighted by Gasteiger charge is 2.47. The van der Waals surface area contributed by atoms with E-state index in [4.69, 9.17) is 9.47 Å². The van der Waals surface area contributed by atoms with Crippen LogP contribution < -0.4 is 10.1 Å². The average Bonchev–Trinajstić information content (AvgIpc) is 3.11. The van der Waals surface area contributed by atoms with E-state index in [1.165, 1.54) is 31.2 Å². The molecule has 0 radical (unpaired) electrons. The van der Waals surface area contributed by atoms with Crippen LogP contribution in [0.5, 0.6) is 5.75 Å². The lowest BCUT2D eigenvalue weighted by atomic mass is 9.87. The maximum atomic E-state index is 5.65. The molecule has 1 aliphatic carbocycles. The smallest absolute Gasteiger partial charge is 0.193 e. The number of hydrogen-bond acceptors (Lipinski definition) is 3. The second-order valence-electron chi connectivity index (χ2n) is 7.86. The molecule has 2 saturated heterocycles. The van der Waals surface area contributed by atoms with Crippen LogP contribution >= 0.6 is 0 Å². The zero-order chi connectivity index (χ0) is 17.3. The Kier molecular flexibility index (Phi) is 4.36. The van der Waals surface area contributed by atoms with Gasteiger partial charge >= 0.3 is 0 Å². The molecular weight excluding hydrogens is 314 g/mol. The van der Waals surface area contributed by atoms with Crippen molar-refractivity contribution in [1.82, 2.24) is 10.2 Å². The maximum Gasteiger partial charge on any atom is 0.193 e. The fraction of sp³-hybridized carbons (Fsp3) is 0.650. The molecule has 4 rings (SSSR count). The van der Waals surface area contributed by atoms with Crippen molar-refractivity contribution in [3.63, 3.8) is 0 Å². The predicted molar refractivity (Wildman–Crippen MR) is 99.3 cm³/mol. The van der Waals surface area contributed by atoms with Gasteiger partial charge in [-0.15, -0.1) is 0 Å². The van der Waals surface area contributed by atoms with Gasteiger partial charge in [0.25, 0.3) is 0 Å². The van der Waals surface area contributed by atoms with Crippen LogP contribution in [0.2, 0.25) is 0 Å². The number of aliphatic imine (C=N–C) groups is 1. The van der Waals surface area contributed by atoms with Gasteiger partial charge in [-0.25, -0.2) is 0 Å². The molecule has 1 unspecified atom stereocenters. The van der Waals surface area contributed by atoms with Gasteiger partial charge in [0.1, 0.15) is 5.75 Å². The summed E-state index contributed by atoms with van der Waals surface area (Å²) in [6.07, 6.45) is 4.81. The molecular formula is C20H29N3O2. The van der Waals surface area contributed by atoms with Crippen molar-refractivity contribution >= 4 is 5.96 Å². The van der Waals surface area contributed by atoms with E-state index in [2.05, 4.69) is 33.4 Å². The molecule has 1 atom stereocenters. The first-order valence-corrected chi connectivity index (χ1v) is 9.37. The Labute approximate surface area is 150 Å². The van der Waals surface area contributed by atoms with Gasteiger partial charge in [-0.2, -0.15) is 0 Å². The first-order valence-electron chi connectivity index (χ1n) is 9.37. The molecule has 3 fully saturated rings. The summed E-state index contributed by atoms with van der Waals surface area (Å²) in [6, 6.07) is 8.42. The summed E-state index contributed by atoms with van der Waals surface area (Å²) in [5.41, 5.74) is 1.87. The van der Waals surface area contributed by atoms with Crippen LogP contribution in [-0.4, -0.2) is 57.9 Å². The van der Waals surface area contributed by atoms with Crippen molar-refractivity contribution in [3.8, 4) is 5.75 Å². The summed E-state index contributed by atoms with van der Waals surface area (Å²) in [7, 11) is 3.65. The Morgan fingerprint density at radius 2 is 2.12 bits per heavy atom. The zero-order valence-electron chi connectivity index (χ0n) is 15.4. The van der Waals surface area contributed by atoms with E-state index in [1.807, 2.05) is 13.1 Å². The molecule has 1 spiro atoms. The van der Waals surface area contributed by atoms with Gasteiger partial charge in [0.05, 0.1) is 13.7 Å². The molecule has 0 aromatic heterocycles. The number of rotatable bonds is 4. The highest BCUT2D eigenvalue weighted by Crippen LogP contribution is 2.50. The summed E-state index contributed by atoms with van der Waals surface area (Å²) in [4.78, 5) is 6.96. The summed E-state index contributed by atoms with van der Waals surface area (Å²) in [5.74, 6) is 2.03. The molecule has 1 aromatic rings. The second-order valence-corrected chi connectivity index (χ2v) is 7.86. The Morgan fingerprint density at radius 1 is 1.28 bits per heavy atom. The summed E-state index contributed by atoms with van der Waals surface area (Å²) in [6.45, 7) is 4.88.